The molecule has 4 aromatic rings. The van der Waals surface area contributed by atoms with Gasteiger partial charge in [0, 0.05) is 11.1 Å². The second-order valence-electron chi connectivity index (χ2n) is 6.55. The molecule has 0 spiro atoms. The van der Waals surface area contributed by atoms with Gasteiger partial charge in [0.1, 0.15) is 0 Å². The lowest BCUT2D eigenvalue weighted by atomic mass is 9.90. The van der Waals surface area contributed by atoms with E-state index in [2.05, 4.69) is 48.5 Å². The van der Waals surface area contributed by atoms with Gasteiger partial charge in [-0.15, -0.1) is 0 Å². The highest BCUT2D eigenvalue weighted by molar-refractivity contribution is 6.22. The van der Waals surface area contributed by atoms with Gasteiger partial charge in [-0.1, -0.05) is 84.9 Å². The van der Waals surface area contributed by atoms with Crippen molar-refractivity contribution in [1.82, 2.24) is 0 Å². The van der Waals surface area contributed by atoms with Gasteiger partial charge in [-0.3, -0.25) is 4.79 Å². The van der Waals surface area contributed by atoms with E-state index in [0.717, 1.165) is 44.5 Å². The molecule has 0 saturated carbocycles. The number of carbonyl (C=O) groups excluding carboxylic acids is 1. The highest BCUT2D eigenvalue weighted by Crippen LogP contribution is 2.43. The minimum atomic E-state index is 0.118. The molecule has 122 valence electrons. The molecule has 0 amide bonds. The summed E-state index contributed by atoms with van der Waals surface area (Å²) < 4.78 is 0. The van der Waals surface area contributed by atoms with Gasteiger partial charge < -0.3 is 0 Å². The van der Waals surface area contributed by atoms with E-state index in [-0.39, 0.29) is 5.78 Å². The lowest BCUT2D eigenvalue weighted by Gasteiger charge is -2.13. The molecule has 26 heavy (non-hydrogen) atoms. The molecule has 0 unspecified atom stereocenters. The minimum Gasteiger partial charge on any atom is -0.289 e. The summed E-state index contributed by atoms with van der Waals surface area (Å²) in [7, 11) is 0. The van der Waals surface area contributed by atoms with Gasteiger partial charge in [0.15, 0.2) is 5.78 Å². The molecule has 1 nitrogen and oxygen atoms in total. The van der Waals surface area contributed by atoms with Gasteiger partial charge in [0.2, 0.25) is 0 Å². The van der Waals surface area contributed by atoms with Crippen LogP contribution in [0.1, 0.15) is 15.9 Å². The topological polar surface area (TPSA) is 17.1 Å². The van der Waals surface area contributed by atoms with E-state index in [1.54, 1.807) is 0 Å². The third kappa shape index (κ3) is 2.21. The summed E-state index contributed by atoms with van der Waals surface area (Å²) in [5.41, 5.74) is 8.19. The molecule has 0 radical (unpaired) electrons. The molecule has 0 atom stereocenters. The lowest BCUT2D eigenvalue weighted by molar-refractivity contribution is 0.104. The van der Waals surface area contributed by atoms with Crippen molar-refractivity contribution in [2.45, 2.75) is 0 Å². The quantitative estimate of drug-likeness (QED) is 0.374. The van der Waals surface area contributed by atoms with Crippen LogP contribution in [0.3, 0.4) is 0 Å². The first-order valence-electron chi connectivity index (χ1n) is 8.76. The number of rotatable bonds is 2. The maximum atomic E-state index is 12.9. The van der Waals surface area contributed by atoms with Gasteiger partial charge in [0.05, 0.1) is 0 Å². The Bertz CT molecular complexity index is 1130. The molecular weight excluding hydrogens is 316 g/mol. The van der Waals surface area contributed by atoms with Crippen LogP contribution in [-0.4, -0.2) is 5.78 Å². The SMILES string of the molecule is O=C1c2ccccc2-c2cc(-c3ccccc3)c(-c3ccccc3)cc21. The number of hydrogen-bond acceptors (Lipinski definition) is 1. The van der Waals surface area contributed by atoms with Crippen LogP contribution in [0.5, 0.6) is 0 Å². The zero-order valence-electron chi connectivity index (χ0n) is 14.1. The zero-order valence-corrected chi connectivity index (χ0v) is 14.1. The summed E-state index contributed by atoms with van der Waals surface area (Å²) in [4.78, 5) is 12.9. The molecule has 1 aliphatic carbocycles. The summed E-state index contributed by atoms with van der Waals surface area (Å²) in [6, 6.07) is 32.8. The number of ketones is 1. The van der Waals surface area contributed by atoms with Gasteiger partial charge in [-0.05, 0) is 45.5 Å². The maximum absolute atomic E-state index is 12.9. The molecule has 1 heteroatoms. The van der Waals surface area contributed by atoms with Crippen LogP contribution in [0, 0.1) is 0 Å². The first kappa shape index (κ1) is 14.9. The van der Waals surface area contributed by atoms with Crippen LogP contribution in [-0.2, 0) is 0 Å². The molecule has 0 saturated heterocycles. The average Bonchev–Trinajstić information content (AvgIpc) is 3.00. The molecule has 0 bridgehead atoms. The molecule has 0 heterocycles. The largest absolute Gasteiger partial charge is 0.289 e. The van der Waals surface area contributed by atoms with Gasteiger partial charge in [-0.2, -0.15) is 0 Å². The van der Waals surface area contributed by atoms with Crippen LogP contribution in [0.15, 0.2) is 97.1 Å². The Morgan fingerprint density at radius 2 is 0.846 bits per heavy atom. The Labute approximate surface area is 152 Å². The van der Waals surface area contributed by atoms with Crippen LogP contribution < -0.4 is 0 Å². The second kappa shape index (κ2) is 5.82. The molecule has 1 aliphatic rings. The number of fused-ring (bicyclic) bond motifs is 3. The summed E-state index contributed by atoms with van der Waals surface area (Å²) in [6.45, 7) is 0. The summed E-state index contributed by atoms with van der Waals surface area (Å²) >= 11 is 0. The molecule has 5 rings (SSSR count). The molecule has 0 N–H and O–H groups in total. The number of benzene rings is 4. The first-order chi connectivity index (χ1) is 12.8. The predicted octanol–water partition coefficient (Wildman–Crippen LogP) is 6.23. The van der Waals surface area contributed by atoms with Crippen molar-refractivity contribution >= 4 is 5.78 Å². The van der Waals surface area contributed by atoms with Gasteiger partial charge in [-0.25, -0.2) is 0 Å². The fourth-order valence-electron chi connectivity index (χ4n) is 3.78. The monoisotopic (exact) mass is 332 g/mol. The summed E-state index contributed by atoms with van der Waals surface area (Å²) in [5, 5.41) is 0. The van der Waals surface area contributed by atoms with Crippen molar-refractivity contribution in [3.8, 4) is 33.4 Å². The van der Waals surface area contributed by atoms with E-state index in [0.29, 0.717) is 0 Å². The van der Waals surface area contributed by atoms with Crippen molar-refractivity contribution in [3.63, 3.8) is 0 Å². The fraction of sp³-hybridized carbons (Fsp3) is 0. The Kier molecular flexibility index (Phi) is 3.32. The fourth-order valence-corrected chi connectivity index (χ4v) is 3.78. The standard InChI is InChI=1S/C25H16O/c26-25-20-14-8-7-13-19(20)23-15-21(17-9-3-1-4-10-17)22(16-24(23)25)18-11-5-2-6-12-18/h1-16H. The highest BCUT2D eigenvalue weighted by atomic mass is 16.1. The van der Waals surface area contributed by atoms with Crippen molar-refractivity contribution in [3.05, 3.63) is 108 Å². The predicted molar refractivity (Wildman–Crippen MR) is 106 cm³/mol. The Morgan fingerprint density at radius 1 is 0.385 bits per heavy atom. The smallest absolute Gasteiger partial charge is 0.194 e. The summed E-state index contributed by atoms with van der Waals surface area (Å²) in [6.07, 6.45) is 0. The minimum absolute atomic E-state index is 0.118. The molecule has 0 aliphatic heterocycles. The van der Waals surface area contributed by atoms with Gasteiger partial charge in [0.25, 0.3) is 0 Å². The maximum Gasteiger partial charge on any atom is 0.194 e. The highest BCUT2D eigenvalue weighted by Gasteiger charge is 2.28. The Hall–Kier alpha value is -3.45. The van der Waals surface area contributed by atoms with E-state index in [4.69, 9.17) is 0 Å². The number of carbonyl (C=O) groups is 1. The molecule has 0 fully saturated rings. The summed E-state index contributed by atoms with van der Waals surface area (Å²) in [5.74, 6) is 0.118. The average molecular weight is 332 g/mol. The normalized spacial score (nSPS) is 11.9. The van der Waals surface area contributed by atoms with Crippen LogP contribution in [0.2, 0.25) is 0 Å². The van der Waals surface area contributed by atoms with Crippen molar-refractivity contribution in [2.24, 2.45) is 0 Å². The van der Waals surface area contributed by atoms with Crippen molar-refractivity contribution in [1.29, 1.82) is 0 Å². The lowest BCUT2D eigenvalue weighted by Crippen LogP contribution is -1.96. The van der Waals surface area contributed by atoms with E-state index >= 15 is 0 Å². The molecule has 4 aromatic carbocycles. The third-order valence-electron chi connectivity index (χ3n) is 5.03. The molecule has 0 aromatic heterocycles. The Morgan fingerprint density at radius 3 is 1.42 bits per heavy atom. The van der Waals surface area contributed by atoms with Gasteiger partial charge >= 0.3 is 0 Å². The zero-order chi connectivity index (χ0) is 17.5. The van der Waals surface area contributed by atoms with E-state index < -0.39 is 0 Å². The van der Waals surface area contributed by atoms with E-state index in [1.807, 2.05) is 48.5 Å². The number of hydrogen-bond donors (Lipinski definition) is 0. The van der Waals surface area contributed by atoms with Crippen LogP contribution >= 0.6 is 0 Å². The van der Waals surface area contributed by atoms with E-state index in [9.17, 15) is 4.79 Å². The van der Waals surface area contributed by atoms with E-state index in [1.165, 1.54) is 0 Å². The van der Waals surface area contributed by atoms with Crippen LogP contribution in [0.25, 0.3) is 33.4 Å². The van der Waals surface area contributed by atoms with Crippen LogP contribution in [0.4, 0.5) is 0 Å². The second-order valence-corrected chi connectivity index (χ2v) is 6.55. The van der Waals surface area contributed by atoms with Crippen molar-refractivity contribution in [2.75, 3.05) is 0 Å². The molecular formula is C25H16O. The Balaban J connectivity index is 1.83. The first-order valence-corrected chi connectivity index (χ1v) is 8.76. The third-order valence-corrected chi connectivity index (χ3v) is 5.03. The van der Waals surface area contributed by atoms with Crippen molar-refractivity contribution < 1.29 is 4.79 Å².